The predicted molar refractivity (Wildman–Crippen MR) is 138 cm³/mol. The van der Waals surface area contributed by atoms with Crippen LogP contribution in [0, 0.1) is 17.8 Å². The van der Waals surface area contributed by atoms with E-state index in [2.05, 4.69) is 0 Å². The fraction of sp³-hybridized carbons (Fsp3) is 0.400. The van der Waals surface area contributed by atoms with E-state index in [1.807, 2.05) is 42.2 Å². The number of anilines is 1. The number of Topliss-reactive ketones (excluding diaryl/α,β-unsaturated/α-hetero) is 1. The predicted octanol–water partition coefficient (Wildman–Crippen LogP) is 3.47. The van der Waals surface area contributed by atoms with Crippen molar-refractivity contribution in [1.29, 1.82) is 0 Å². The number of allylic oxidation sites excluding steroid dienone is 1. The molecular weight excluding hydrogens is 484 g/mol. The Hall–Kier alpha value is -3.78. The fourth-order valence-corrected chi connectivity index (χ4v) is 7.21. The molecule has 0 spiro atoms. The number of fused-ring (bicyclic) bond motifs is 4. The molecule has 8 heteroatoms. The van der Waals surface area contributed by atoms with Crippen LogP contribution in [0.4, 0.5) is 5.69 Å². The average Bonchev–Trinajstić information content (AvgIpc) is 3.48. The number of amides is 2. The van der Waals surface area contributed by atoms with Crippen LogP contribution >= 0.6 is 0 Å². The van der Waals surface area contributed by atoms with Gasteiger partial charge in [0.2, 0.25) is 11.8 Å². The SMILES string of the molecule is CCOC(=O)[C@]12C[C@H]3CC(=O)C(C)=C3CN1[C@H](c1ccc(OC)cc1)[C@@H]1C(=O)N(c3ccccc3)C(=O)[C@@H]12. The number of imide groups is 1. The second-order valence-corrected chi connectivity index (χ2v) is 10.5. The van der Waals surface area contributed by atoms with Crippen molar-refractivity contribution in [2.45, 2.75) is 38.3 Å². The standard InChI is InChI=1S/C30H30N2O6/c1-4-38-29(36)30-15-19-14-23(33)17(2)22(19)16-31(30)26(18-10-12-21(37-3)13-11-18)24-25(30)28(35)32(27(24)34)20-8-6-5-7-9-20/h5-13,19,24-26H,4,14-16H2,1-3H3/t19-,24-,25-,26-,30-/m1/s1. The summed E-state index contributed by atoms with van der Waals surface area (Å²) in [6.07, 6.45) is 0.574. The Morgan fingerprint density at radius 2 is 1.74 bits per heavy atom. The molecule has 2 aromatic carbocycles. The summed E-state index contributed by atoms with van der Waals surface area (Å²) in [6.45, 7) is 4.05. The molecule has 0 radical (unpaired) electrons. The maximum Gasteiger partial charge on any atom is 0.327 e. The van der Waals surface area contributed by atoms with Crippen molar-refractivity contribution >= 4 is 29.3 Å². The molecule has 196 valence electrons. The van der Waals surface area contributed by atoms with Crippen LogP contribution in [0.5, 0.6) is 5.75 Å². The van der Waals surface area contributed by atoms with Gasteiger partial charge in [0.25, 0.3) is 0 Å². The zero-order valence-electron chi connectivity index (χ0n) is 21.7. The van der Waals surface area contributed by atoms with Gasteiger partial charge in [0.15, 0.2) is 5.78 Å². The van der Waals surface area contributed by atoms with E-state index in [-0.39, 0.29) is 30.6 Å². The number of carbonyl (C=O) groups excluding carboxylic acids is 4. The zero-order valence-corrected chi connectivity index (χ0v) is 21.7. The number of piperidine rings is 1. The van der Waals surface area contributed by atoms with E-state index in [0.717, 1.165) is 16.7 Å². The highest BCUT2D eigenvalue weighted by atomic mass is 16.5. The van der Waals surface area contributed by atoms with Crippen molar-refractivity contribution in [3.63, 3.8) is 0 Å². The third kappa shape index (κ3) is 3.26. The van der Waals surface area contributed by atoms with Crippen molar-refractivity contribution in [3.8, 4) is 5.75 Å². The maximum absolute atomic E-state index is 14.2. The van der Waals surface area contributed by atoms with Crippen molar-refractivity contribution in [2.24, 2.45) is 17.8 Å². The quantitative estimate of drug-likeness (QED) is 0.446. The molecule has 3 fully saturated rings. The summed E-state index contributed by atoms with van der Waals surface area (Å²) in [5, 5.41) is 0. The van der Waals surface area contributed by atoms with E-state index in [1.165, 1.54) is 4.90 Å². The third-order valence-electron chi connectivity index (χ3n) is 8.88. The lowest BCUT2D eigenvalue weighted by Gasteiger charge is -2.47. The number of benzene rings is 2. The molecule has 8 nitrogen and oxygen atoms in total. The Balaban J connectivity index is 1.56. The first-order chi connectivity index (χ1) is 18.3. The summed E-state index contributed by atoms with van der Waals surface area (Å²) >= 11 is 0. The number of para-hydroxylation sites is 1. The van der Waals surface area contributed by atoms with Crippen molar-refractivity contribution in [2.75, 3.05) is 25.2 Å². The molecule has 0 bridgehead atoms. The van der Waals surface area contributed by atoms with E-state index < -0.39 is 35.3 Å². The van der Waals surface area contributed by atoms with Gasteiger partial charge in [-0.3, -0.25) is 24.1 Å². The van der Waals surface area contributed by atoms with Gasteiger partial charge in [-0.1, -0.05) is 30.3 Å². The van der Waals surface area contributed by atoms with Crippen LogP contribution in [0.15, 0.2) is 65.7 Å². The fourth-order valence-electron chi connectivity index (χ4n) is 7.21. The molecule has 0 aromatic heterocycles. The first kappa shape index (κ1) is 24.6. The van der Waals surface area contributed by atoms with Gasteiger partial charge in [-0.15, -0.1) is 0 Å². The highest BCUT2D eigenvalue weighted by molar-refractivity contribution is 6.24. The van der Waals surface area contributed by atoms with Gasteiger partial charge in [0.05, 0.1) is 31.2 Å². The molecule has 1 aliphatic carbocycles. The van der Waals surface area contributed by atoms with Crippen molar-refractivity contribution in [3.05, 3.63) is 71.3 Å². The molecule has 3 saturated heterocycles. The van der Waals surface area contributed by atoms with Crippen LogP contribution in [-0.2, 0) is 23.9 Å². The highest BCUT2D eigenvalue weighted by Crippen LogP contribution is 2.61. The molecule has 2 amide bonds. The van der Waals surface area contributed by atoms with Gasteiger partial charge < -0.3 is 9.47 Å². The Labute approximate surface area is 221 Å². The van der Waals surface area contributed by atoms with Crippen LogP contribution in [0.2, 0.25) is 0 Å². The Morgan fingerprint density at radius 3 is 2.39 bits per heavy atom. The molecule has 4 aliphatic rings. The first-order valence-electron chi connectivity index (χ1n) is 13.1. The molecule has 6 rings (SSSR count). The number of rotatable bonds is 5. The molecule has 5 atom stereocenters. The topological polar surface area (TPSA) is 93.2 Å². The van der Waals surface area contributed by atoms with Crippen LogP contribution in [0.25, 0.3) is 0 Å². The number of carbonyl (C=O) groups is 4. The molecule has 3 heterocycles. The molecule has 0 unspecified atom stereocenters. The summed E-state index contributed by atoms with van der Waals surface area (Å²) in [7, 11) is 1.58. The summed E-state index contributed by atoms with van der Waals surface area (Å²) in [6, 6.07) is 15.7. The number of ether oxygens (including phenoxy) is 2. The Bertz CT molecular complexity index is 1370. The Kier molecular flexibility index (Phi) is 5.76. The highest BCUT2D eigenvalue weighted by Gasteiger charge is 2.74. The van der Waals surface area contributed by atoms with E-state index in [4.69, 9.17) is 9.47 Å². The van der Waals surface area contributed by atoms with Crippen LogP contribution in [0.3, 0.4) is 0 Å². The van der Waals surface area contributed by atoms with E-state index in [1.54, 1.807) is 38.3 Å². The number of hydrogen-bond donors (Lipinski definition) is 0. The molecule has 38 heavy (non-hydrogen) atoms. The van der Waals surface area contributed by atoms with Gasteiger partial charge in [-0.25, -0.2) is 4.90 Å². The largest absolute Gasteiger partial charge is 0.497 e. The number of esters is 1. The van der Waals surface area contributed by atoms with Crippen molar-refractivity contribution < 1.29 is 28.7 Å². The minimum absolute atomic E-state index is 0.0717. The lowest BCUT2D eigenvalue weighted by Crippen LogP contribution is -2.62. The second kappa shape index (κ2) is 8.91. The number of hydrogen-bond acceptors (Lipinski definition) is 7. The number of nitrogens with zero attached hydrogens (tertiary/aromatic N) is 2. The van der Waals surface area contributed by atoms with Gasteiger partial charge >= 0.3 is 5.97 Å². The molecule has 3 aliphatic heterocycles. The van der Waals surface area contributed by atoms with Crippen LogP contribution in [0.1, 0.15) is 38.3 Å². The Morgan fingerprint density at radius 1 is 1.03 bits per heavy atom. The molecule has 0 saturated carbocycles. The van der Waals surface area contributed by atoms with E-state index in [9.17, 15) is 19.2 Å². The normalized spacial score (nSPS) is 30.4. The first-order valence-corrected chi connectivity index (χ1v) is 13.1. The molecule has 0 N–H and O–H groups in total. The monoisotopic (exact) mass is 514 g/mol. The molecule has 2 aromatic rings. The van der Waals surface area contributed by atoms with Crippen LogP contribution < -0.4 is 9.64 Å². The van der Waals surface area contributed by atoms with E-state index in [0.29, 0.717) is 24.4 Å². The summed E-state index contributed by atoms with van der Waals surface area (Å²) < 4.78 is 11.0. The minimum atomic E-state index is -1.36. The summed E-state index contributed by atoms with van der Waals surface area (Å²) in [5.74, 6) is -2.35. The summed E-state index contributed by atoms with van der Waals surface area (Å²) in [5.41, 5.74) is 1.65. The number of methoxy groups -OCH3 is 1. The summed E-state index contributed by atoms with van der Waals surface area (Å²) in [4.78, 5) is 58.4. The van der Waals surface area contributed by atoms with Gasteiger partial charge in [0, 0.05) is 19.0 Å². The van der Waals surface area contributed by atoms with Gasteiger partial charge in [-0.2, -0.15) is 0 Å². The van der Waals surface area contributed by atoms with E-state index >= 15 is 0 Å². The number of ketones is 1. The van der Waals surface area contributed by atoms with Crippen molar-refractivity contribution in [1.82, 2.24) is 4.90 Å². The smallest absolute Gasteiger partial charge is 0.327 e. The van der Waals surface area contributed by atoms with Gasteiger partial charge in [0.1, 0.15) is 11.3 Å². The lowest BCUT2D eigenvalue weighted by atomic mass is 9.71. The lowest BCUT2D eigenvalue weighted by molar-refractivity contribution is -0.164. The minimum Gasteiger partial charge on any atom is -0.497 e. The maximum atomic E-state index is 14.2. The van der Waals surface area contributed by atoms with Gasteiger partial charge in [-0.05, 0) is 67.2 Å². The van der Waals surface area contributed by atoms with Crippen LogP contribution in [-0.4, -0.2) is 54.3 Å². The molecular formula is C30H30N2O6. The average molecular weight is 515 g/mol. The second-order valence-electron chi connectivity index (χ2n) is 10.5. The zero-order chi connectivity index (χ0) is 26.8. The third-order valence-corrected chi connectivity index (χ3v) is 8.88.